The molecule has 4 nitrogen and oxygen atoms in total. The van der Waals surface area contributed by atoms with Crippen LogP contribution in [0.4, 0.5) is 4.39 Å². The number of hydrogen-bond acceptors (Lipinski definition) is 3. The number of aryl methyl sites for hydroxylation is 1. The third-order valence-corrected chi connectivity index (χ3v) is 3.75. The van der Waals surface area contributed by atoms with Gasteiger partial charge in [0.2, 0.25) is 11.8 Å². The van der Waals surface area contributed by atoms with Crippen LogP contribution in [0.3, 0.4) is 0 Å². The molecule has 1 aromatic heterocycles. The molecule has 5 heteroatoms. The Labute approximate surface area is 142 Å². The highest BCUT2D eigenvalue weighted by Crippen LogP contribution is 2.24. The lowest BCUT2D eigenvalue weighted by molar-refractivity contribution is -0.120. The maximum Gasteiger partial charge on any atom is 0.229 e. The van der Waals surface area contributed by atoms with Crippen LogP contribution >= 0.6 is 0 Å². The number of carbonyl (C=O) groups excluding carboxylic acids is 1. The molecular weight excluding hydrogens is 307 g/mol. The monoisotopic (exact) mass is 332 g/mol. The lowest BCUT2D eigenvalue weighted by atomic mass is 9.91. The van der Waals surface area contributed by atoms with E-state index >= 15 is 0 Å². The van der Waals surface area contributed by atoms with Gasteiger partial charge in [-0.25, -0.2) is 9.37 Å². The van der Waals surface area contributed by atoms with Gasteiger partial charge in [0.15, 0.2) is 0 Å². The molecule has 2 rings (SSSR count). The summed E-state index contributed by atoms with van der Waals surface area (Å²) in [5.41, 5.74) is 1.11. The summed E-state index contributed by atoms with van der Waals surface area (Å²) in [5.74, 6) is 0.261. The van der Waals surface area contributed by atoms with Crippen LogP contribution in [0.15, 0.2) is 28.7 Å². The van der Waals surface area contributed by atoms with Crippen LogP contribution in [0.25, 0.3) is 11.5 Å². The third-order valence-electron chi connectivity index (χ3n) is 3.75. The molecule has 1 aromatic carbocycles. The number of nitrogens with zero attached hydrogens (tertiary/aromatic N) is 1. The van der Waals surface area contributed by atoms with Crippen molar-refractivity contribution in [3.05, 3.63) is 41.5 Å². The number of hydrogen-bond donors (Lipinski definition) is 1. The van der Waals surface area contributed by atoms with E-state index in [1.54, 1.807) is 25.1 Å². The zero-order valence-corrected chi connectivity index (χ0v) is 14.8. The predicted octanol–water partition coefficient (Wildman–Crippen LogP) is 4.27. The van der Waals surface area contributed by atoms with Crippen LogP contribution in [0.1, 0.15) is 45.1 Å². The van der Waals surface area contributed by atoms with E-state index in [0.29, 0.717) is 23.6 Å². The minimum absolute atomic E-state index is 0.0969. The highest BCUT2D eigenvalue weighted by Gasteiger charge is 2.17. The summed E-state index contributed by atoms with van der Waals surface area (Å²) >= 11 is 0. The van der Waals surface area contributed by atoms with Crippen molar-refractivity contribution in [2.24, 2.45) is 5.41 Å². The zero-order valence-electron chi connectivity index (χ0n) is 14.8. The molecule has 0 aliphatic rings. The van der Waals surface area contributed by atoms with Gasteiger partial charge >= 0.3 is 0 Å². The second kappa shape index (κ2) is 7.60. The molecule has 0 saturated carbocycles. The number of rotatable bonds is 6. The van der Waals surface area contributed by atoms with Crippen molar-refractivity contribution in [3.8, 4) is 11.5 Å². The molecule has 0 aliphatic heterocycles. The molecule has 1 N–H and O–H groups in total. The van der Waals surface area contributed by atoms with Crippen molar-refractivity contribution in [1.29, 1.82) is 0 Å². The van der Waals surface area contributed by atoms with E-state index in [1.165, 1.54) is 6.07 Å². The van der Waals surface area contributed by atoms with Gasteiger partial charge < -0.3 is 9.73 Å². The van der Waals surface area contributed by atoms with E-state index in [0.717, 1.165) is 12.8 Å². The lowest BCUT2D eigenvalue weighted by Gasteiger charge is -2.17. The molecular formula is C19H25FN2O2. The van der Waals surface area contributed by atoms with Crippen LogP contribution < -0.4 is 5.32 Å². The summed E-state index contributed by atoms with van der Waals surface area (Å²) < 4.78 is 19.3. The van der Waals surface area contributed by atoms with E-state index in [-0.39, 0.29) is 23.6 Å². The number of oxazole rings is 1. The van der Waals surface area contributed by atoms with Gasteiger partial charge in [-0.1, -0.05) is 32.9 Å². The van der Waals surface area contributed by atoms with Crippen LogP contribution in [-0.4, -0.2) is 17.4 Å². The first-order chi connectivity index (χ1) is 11.3. The first-order valence-corrected chi connectivity index (χ1v) is 8.24. The summed E-state index contributed by atoms with van der Waals surface area (Å²) in [7, 11) is 0. The van der Waals surface area contributed by atoms with Gasteiger partial charge in [0.25, 0.3) is 0 Å². The second-order valence-electron chi connectivity index (χ2n) is 7.19. The SMILES string of the molecule is Cc1oc(-c2ccccc2F)nc1CC(=O)NCCCC(C)(C)C. The lowest BCUT2D eigenvalue weighted by Crippen LogP contribution is -2.27. The summed E-state index contributed by atoms with van der Waals surface area (Å²) in [5, 5.41) is 2.90. The molecule has 0 fully saturated rings. The van der Waals surface area contributed by atoms with Crippen molar-refractivity contribution in [1.82, 2.24) is 10.3 Å². The molecule has 0 radical (unpaired) electrons. The maximum absolute atomic E-state index is 13.8. The van der Waals surface area contributed by atoms with Crippen LogP contribution in [0.2, 0.25) is 0 Å². The molecule has 0 aliphatic carbocycles. The number of nitrogens with one attached hydrogen (secondary N) is 1. The quantitative estimate of drug-likeness (QED) is 0.804. The minimum Gasteiger partial charge on any atom is -0.441 e. The van der Waals surface area contributed by atoms with Crippen LogP contribution in [-0.2, 0) is 11.2 Å². The minimum atomic E-state index is -0.392. The Bertz CT molecular complexity index is 702. The molecule has 1 amide bonds. The summed E-state index contributed by atoms with van der Waals surface area (Å²) in [6.45, 7) is 8.92. The summed E-state index contributed by atoms with van der Waals surface area (Å²) in [6.07, 6.45) is 2.13. The van der Waals surface area contributed by atoms with Gasteiger partial charge in [0.1, 0.15) is 11.6 Å². The smallest absolute Gasteiger partial charge is 0.229 e. The van der Waals surface area contributed by atoms with Crippen molar-refractivity contribution < 1.29 is 13.6 Å². The van der Waals surface area contributed by atoms with Gasteiger partial charge in [-0.15, -0.1) is 0 Å². The van der Waals surface area contributed by atoms with Crippen molar-refractivity contribution in [3.63, 3.8) is 0 Å². The Kier molecular flexibility index (Phi) is 5.75. The van der Waals surface area contributed by atoms with Crippen molar-refractivity contribution >= 4 is 5.91 Å². The number of halogens is 1. The molecule has 0 unspecified atom stereocenters. The van der Waals surface area contributed by atoms with Crippen LogP contribution in [0, 0.1) is 18.2 Å². The van der Waals surface area contributed by atoms with E-state index in [4.69, 9.17) is 4.42 Å². The standard InChI is InChI=1S/C19H25FN2O2/c1-13-16(12-17(23)21-11-7-10-19(2,3)4)22-18(24-13)14-8-5-6-9-15(14)20/h5-6,8-9H,7,10-12H2,1-4H3,(H,21,23). The van der Waals surface area contributed by atoms with E-state index in [1.807, 2.05) is 0 Å². The second-order valence-corrected chi connectivity index (χ2v) is 7.19. The Morgan fingerprint density at radius 3 is 2.67 bits per heavy atom. The van der Waals surface area contributed by atoms with E-state index in [9.17, 15) is 9.18 Å². The number of carbonyl (C=O) groups is 1. The van der Waals surface area contributed by atoms with E-state index in [2.05, 4.69) is 31.1 Å². The number of aromatic nitrogens is 1. The summed E-state index contributed by atoms with van der Waals surface area (Å²) in [6, 6.07) is 6.30. The average Bonchev–Trinajstić information content (AvgIpc) is 2.84. The first-order valence-electron chi connectivity index (χ1n) is 8.24. The van der Waals surface area contributed by atoms with Crippen LogP contribution in [0.5, 0.6) is 0 Å². The molecule has 2 aromatic rings. The largest absolute Gasteiger partial charge is 0.441 e. The van der Waals surface area contributed by atoms with Gasteiger partial charge in [-0.05, 0) is 37.3 Å². The Balaban J connectivity index is 1.94. The zero-order chi connectivity index (χ0) is 17.7. The molecule has 24 heavy (non-hydrogen) atoms. The Morgan fingerprint density at radius 1 is 1.29 bits per heavy atom. The topological polar surface area (TPSA) is 55.1 Å². The van der Waals surface area contributed by atoms with Crippen molar-refractivity contribution in [2.75, 3.05) is 6.54 Å². The molecule has 0 atom stereocenters. The van der Waals surface area contributed by atoms with Gasteiger partial charge in [0, 0.05) is 6.54 Å². The molecule has 130 valence electrons. The Morgan fingerprint density at radius 2 is 2.00 bits per heavy atom. The van der Waals surface area contributed by atoms with Gasteiger partial charge in [0.05, 0.1) is 17.7 Å². The third kappa shape index (κ3) is 5.18. The highest BCUT2D eigenvalue weighted by molar-refractivity contribution is 5.78. The molecule has 0 bridgehead atoms. The van der Waals surface area contributed by atoms with Crippen molar-refractivity contribution in [2.45, 2.75) is 47.0 Å². The average molecular weight is 332 g/mol. The van der Waals surface area contributed by atoms with Gasteiger partial charge in [-0.2, -0.15) is 0 Å². The molecule has 1 heterocycles. The predicted molar refractivity (Wildman–Crippen MR) is 92.0 cm³/mol. The summed E-state index contributed by atoms with van der Waals surface area (Å²) in [4.78, 5) is 16.3. The highest BCUT2D eigenvalue weighted by atomic mass is 19.1. The van der Waals surface area contributed by atoms with Gasteiger partial charge in [-0.3, -0.25) is 4.79 Å². The number of amides is 1. The first kappa shape index (κ1) is 18.2. The fraction of sp³-hybridized carbons (Fsp3) is 0.474. The molecule has 0 spiro atoms. The maximum atomic E-state index is 13.8. The Hall–Kier alpha value is -2.17. The normalized spacial score (nSPS) is 11.5. The molecule has 0 saturated heterocycles. The fourth-order valence-electron chi connectivity index (χ4n) is 2.40. The van der Waals surface area contributed by atoms with E-state index < -0.39 is 5.82 Å². The number of benzene rings is 1. The fourth-order valence-corrected chi connectivity index (χ4v) is 2.40.